The van der Waals surface area contributed by atoms with E-state index in [-0.39, 0.29) is 0 Å². The zero-order valence-corrected chi connectivity index (χ0v) is 11.8. The third kappa shape index (κ3) is 2.20. The quantitative estimate of drug-likeness (QED) is 0.726. The molecular formula is C14H16N6. The Hall–Kier alpha value is -2.50. The van der Waals surface area contributed by atoms with Gasteiger partial charge in [0.2, 0.25) is 0 Å². The zero-order valence-electron chi connectivity index (χ0n) is 11.8. The topological polar surface area (TPSA) is 61.4 Å². The monoisotopic (exact) mass is 268 g/mol. The average molecular weight is 268 g/mol. The second-order valence-corrected chi connectivity index (χ2v) is 4.73. The van der Waals surface area contributed by atoms with Crippen molar-refractivity contribution in [3.05, 3.63) is 47.8 Å². The molecule has 6 heteroatoms. The summed E-state index contributed by atoms with van der Waals surface area (Å²) in [7, 11) is 1.97. The first-order valence-corrected chi connectivity index (χ1v) is 6.47. The van der Waals surface area contributed by atoms with Gasteiger partial charge < -0.3 is 4.57 Å². The van der Waals surface area contributed by atoms with E-state index >= 15 is 0 Å². The van der Waals surface area contributed by atoms with Crippen molar-refractivity contribution in [3.8, 4) is 11.4 Å². The van der Waals surface area contributed by atoms with E-state index in [4.69, 9.17) is 0 Å². The lowest BCUT2D eigenvalue weighted by Crippen LogP contribution is -2.09. The Morgan fingerprint density at radius 2 is 1.80 bits per heavy atom. The molecule has 0 atom stereocenters. The van der Waals surface area contributed by atoms with Crippen LogP contribution in [0.4, 0.5) is 0 Å². The van der Waals surface area contributed by atoms with Gasteiger partial charge in [0.15, 0.2) is 11.6 Å². The summed E-state index contributed by atoms with van der Waals surface area (Å²) < 4.78 is 3.83. The molecule has 0 saturated carbocycles. The van der Waals surface area contributed by atoms with Crippen molar-refractivity contribution in [3.63, 3.8) is 0 Å². The van der Waals surface area contributed by atoms with E-state index in [2.05, 4.69) is 20.3 Å². The fraction of sp³-hybridized carbons (Fsp3) is 0.286. The summed E-state index contributed by atoms with van der Waals surface area (Å²) in [5.74, 6) is 3.37. The number of rotatable bonds is 3. The molecule has 0 saturated heterocycles. The summed E-state index contributed by atoms with van der Waals surface area (Å²) >= 11 is 0. The number of hydrogen-bond acceptors (Lipinski definition) is 4. The Morgan fingerprint density at radius 1 is 1.05 bits per heavy atom. The van der Waals surface area contributed by atoms with E-state index in [9.17, 15) is 0 Å². The molecule has 0 amide bonds. The van der Waals surface area contributed by atoms with Gasteiger partial charge in [-0.15, -0.1) is 10.2 Å². The number of benzene rings is 1. The predicted octanol–water partition coefficient (Wildman–Crippen LogP) is 1.74. The molecule has 3 aromatic rings. The van der Waals surface area contributed by atoms with Crippen LogP contribution >= 0.6 is 0 Å². The van der Waals surface area contributed by atoms with E-state index < -0.39 is 0 Å². The van der Waals surface area contributed by atoms with Gasteiger partial charge in [0.1, 0.15) is 18.2 Å². The summed E-state index contributed by atoms with van der Waals surface area (Å²) in [6.07, 6.45) is 0. The van der Waals surface area contributed by atoms with Gasteiger partial charge in [-0.05, 0) is 13.8 Å². The smallest absolute Gasteiger partial charge is 0.163 e. The number of aromatic nitrogens is 6. The lowest BCUT2D eigenvalue weighted by atomic mass is 10.2. The minimum Gasteiger partial charge on any atom is -0.313 e. The summed E-state index contributed by atoms with van der Waals surface area (Å²) in [4.78, 5) is 4.30. The maximum atomic E-state index is 4.35. The molecule has 2 aromatic heterocycles. The second kappa shape index (κ2) is 4.88. The third-order valence-electron chi connectivity index (χ3n) is 3.25. The van der Waals surface area contributed by atoms with E-state index in [0.717, 1.165) is 28.9 Å². The van der Waals surface area contributed by atoms with Gasteiger partial charge in [0, 0.05) is 12.6 Å². The number of hydrogen-bond donors (Lipinski definition) is 0. The van der Waals surface area contributed by atoms with Crippen molar-refractivity contribution in [2.75, 3.05) is 0 Å². The SMILES string of the molecule is Cc1nc(C)n(Cc2nnc(-c3ccccc3)n2C)n1. The maximum Gasteiger partial charge on any atom is 0.163 e. The molecule has 0 aliphatic rings. The fourth-order valence-electron chi connectivity index (χ4n) is 2.18. The average Bonchev–Trinajstić information content (AvgIpc) is 2.95. The first-order chi connectivity index (χ1) is 9.65. The maximum absolute atomic E-state index is 4.35. The Balaban J connectivity index is 1.93. The lowest BCUT2D eigenvalue weighted by Gasteiger charge is -2.05. The largest absolute Gasteiger partial charge is 0.313 e. The highest BCUT2D eigenvalue weighted by atomic mass is 15.4. The Kier molecular flexibility index (Phi) is 3.06. The number of aryl methyl sites for hydroxylation is 2. The van der Waals surface area contributed by atoms with Gasteiger partial charge >= 0.3 is 0 Å². The highest BCUT2D eigenvalue weighted by Gasteiger charge is 2.12. The van der Waals surface area contributed by atoms with E-state index in [0.29, 0.717) is 6.54 Å². The predicted molar refractivity (Wildman–Crippen MR) is 75.0 cm³/mol. The van der Waals surface area contributed by atoms with Crippen LogP contribution in [0.15, 0.2) is 30.3 Å². The highest BCUT2D eigenvalue weighted by molar-refractivity contribution is 5.54. The Labute approximate surface area is 117 Å². The molecule has 1 aromatic carbocycles. The standard InChI is InChI=1S/C14H16N6/c1-10-15-11(2)20(18-10)9-13-16-17-14(19(13)3)12-7-5-4-6-8-12/h4-8H,9H2,1-3H3. The van der Waals surface area contributed by atoms with Crippen molar-refractivity contribution in [1.82, 2.24) is 29.5 Å². The first-order valence-electron chi connectivity index (χ1n) is 6.47. The van der Waals surface area contributed by atoms with Gasteiger partial charge in [0.25, 0.3) is 0 Å². The molecule has 0 aliphatic heterocycles. The van der Waals surface area contributed by atoms with E-state index in [1.807, 2.05) is 60.5 Å². The van der Waals surface area contributed by atoms with Gasteiger partial charge in [0.05, 0.1) is 0 Å². The minimum atomic E-state index is 0.572. The van der Waals surface area contributed by atoms with Crippen LogP contribution in [0.3, 0.4) is 0 Å². The van der Waals surface area contributed by atoms with Crippen molar-refractivity contribution >= 4 is 0 Å². The number of nitrogens with zero attached hydrogens (tertiary/aromatic N) is 6. The molecule has 0 bridgehead atoms. The summed E-state index contributed by atoms with van der Waals surface area (Å²) in [5, 5.41) is 12.9. The van der Waals surface area contributed by atoms with Crippen LogP contribution in [-0.4, -0.2) is 29.5 Å². The van der Waals surface area contributed by atoms with Crippen LogP contribution in [0.2, 0.25) is 0 Å². The molecule has 0 aliphatic carbocycles. The van der Waals surface area contributed by atoms with E-state index in [1.54, 1.807) is 0 Å². The fourth-order valence-corrected chi connectivity index (χ4v) is 2.18. The van der Waals surface area contributed by atoms with Gasteiger partial charge in [-0.1, -0.05) is 30.3 Å². The van der Waals surface area contributed by atoms with Crippen molar-refractivity contribution in [1.29, 1.82) is 0 Å². The van der Waals surface area contributed by atoms with Crippen LogP contribution in [0.5, 0.6) is 0 Å². The molecule has 6 nitrogen and oxygen atoms in total. The Bertz CT molecular complexity index is 725. The van der Waals surface area contributed by atoms with E-state index in [1.165, 1.54) is 0 Å². The first kappa shape index (κ1) is 12.5. The van der Waals surface area contributed by atoms with Crippen LogP contribution in [-0.2, 0) is 13.6 Å². The molecule has 0 radical (unpaired) electrons. The molecule has 3 rings (SSSR count). The minimum absolute atomic E-state index is 0.572. The van der Waals surface area contributed by atoms with Crippen LogP contribution in [0, 0.1) is 13.8 Å². The second-order valence-electron chi connectivity index (χ2n) is 4.73. The van der Waals surface area contributed by atoms with Crippen LogP contribution in [0.1, 0.15) is 17.5 Å². The zero-order chi connectivity index (χ0) is 14.1. The molecule has 102 valence electrons. The summed E-state index contributed by atoms with van der Waals surface area (Å²) in [6.45, 7) is 4.40. The molecule has 0 fully saturated rings. The van der Waals surface area contributed by atoms with Gasteiger partial charge in [-0.25, -0.2) is 9.67 Å². The summed E-state index contributed by atoms with van der Waals surface area (Å²) in [5.41, 5.74) is 1.06. The lowest BCUT2D eigenvalue weighted by molar-refractivity contribution is 0.609. The molecule has 2 heterocycles. The molecular weight excluding hydrogens is 252 g/mol. The van der Waals surface area contributed by atoms with Crippen LogP contribution in [0.25, 0.3) is 11.4 Å². The van der Waals surface area contributed by atoms with Crippen molar-refractivity contribution < 1.29 is 0 Å². The molecule has 0 spiro atoms. The van der Waals surface area contributed by atoms with Crippen molar-refractivity contribution in [2.24, 2.45) is 7.05 Å². The van der Waals surface area contributed by atoms with Gasteiger partial charge in [-0.2, -0.15) is 5.10 Å². The molecule has 0 N–H and O–H groups in total. The van der Waals surface area contributed by atoms with Crippen molar-refractivity contribution in [2.45, 2.75) is 20.4 Å². The third-order valence-corrected chi connectivity index (χ3v) is 3.25. The molecule has 20 heavy (non-hydrogen) atoms. The van der Waals surface area contributed by atoms with Crippen LogP contribution < -0.4 is 0 Å². The Morgan fingerprint density at radius 3 is 2.45 bits per heavy atom. The summed E-state index contributed by atoms with van der Waals surface area (Å²) in [6, 6.07) is 10.0. The van der Waals surface area contributed by atoms with Gasteiger partial charge in [-0.3, -0.25) is 0 Å². The molecule has 0 unspecified atom stereocenters. The normalized spacial score (nSPS) is 10.9. The highest BCUT2D eigenvalue weighted by Crippen LogP contribution is 2.16.